The van der Waals surface area contributed by atoms with E-state index in [0.717, 1.165) is 19.3 Å². The molecule has 0 unspecified atom stereocenters. The summed E-state index contributed by atoms with van der Waals surface area (Å²) in [5.74, 6) is -0.0392. The smallest absolute Gasteiger partial charge is 0.257 e. The van der Waals surface area contributed by atoms with Crippen LogP contribution < -0.4 is 0 Å². The van der Waals surface area contributed by atoms with Crippen molar-refractivity contribution < 1.29 is 9.59 Å². The van der Waals surface area contributed by atoms with Crippen molar-refractivity contribution in [3.05, 3.63) is 23.9 Å². The average molecular weight is 321 g/mol. The summed E-state index contributed by atoms with van der Waals surface area (Å²) in [6, 6.07) is 3.22. The van der Waals surface area contributed by atoms with E-state index >= 15 is 0 Å². The van der Waals surface area contributed by atoms with Gasteiger partial charge in [-0.15, -0.1) is 11.8 Å². The van der Waals surface area contributed by atoms with Crippen LogP contribution in [0, 0.1) is 0 Å². The van der Waals surface area contributed by atoms with Gasteiger partial charge >= 0.3 is 0 Å². The Kier molecular flexibility index (Phi) is 5.83. The lowest BCUT2D eigenvalue weighted by Crippen LogP contribution is -2.57. The summed E-state index contributed by atoms with van der Waals surface area (Å²) in [4.78, 5) is 33.1. The number of piperazine rings is 1. The van der Waals surface area contributed by atoms with Crippen molar-refractivity contribution in [2.75, 3.05) is 26.4 Å². The molecule has 22 heavy (non-hydrogen) atoms. The maximum Gasteiger partial charge on any atom is 0.257 e. The van der Waals surface area contributed by atoms with Crippen molar-refractivity contribution in [3.8, 4) is 0 Å². The molecule has 0 saturated carbocycles. The van der Waals surface area contributed by atoms with Gasteiger partial charge in [0.2, 0.25) is 5.91 Å². The first-order valence-electron chi connectivity index (χ1n) is 7.65. The van der Waals surface area contributed by atoms with E-state index in [9.17, 15) is 9.59 Å². The number of hydrogen-bond acceptors (Lipinski definition) is 4. The number of rotatable bonds is 5. The molecular weight excluding hydrogens is 298 g/mol. The van der Waals surface area contributed by atoms with Gasteiger partial charge in [-0.2, -0.15) is 0 Å². The predicted octanol–water partition coefficient (Wildman–Crippen LogP) is 2.28. The highest BCUT2D eigenvalue weighted by Gasteiger charge is 2.36. The maximum atomic E-state index is 12.9. The molecule has 120 valence electrons. The molecule has 0 aromatic carbocycles. The number of hydrogen-bond donors (Lipinski definition) is 0. The van der Waals surface area contributed by atoms with Crippen molar-refractivity contribution in [3.63, 3.8) is 0 Å². The van der Waals surface area contributed by atoms with Crippen LogP contribution in [0.3, 0.4) is 0 Å². The van der Waals surface area contributed by atoms with E-state index in [1.165, 1.54) is 11.8 Å². The van der Waals surface area contributed by atoms with Gasteiger partial charge in [0.05, 0.1) is 5.56 Å². The first-order valence-corrected chi connectivity index (χ1v) is 8.87. The molecule has 1 atom stereocenters. The Morgan fingerprint density at radius 2 is 2.23 bits per heavy atom. The Morgan fingerprint density at radius 3 is 2.91 bits per heavy atom. The topological polar surface area (TPSA) is 53.5 Å². The van der Waals surface area contributed by atoms with Crippen molar-refractivity contribution in [1.82, 2.24) is 14.8 Å². The quantitative estimate of drug-likeness (QED) is 0.781. The Labute approximate surface area is 136 Å². The number of likely N-dealkylation sites (N-methyl/N-ethyl adjacent to an activating group) is 1. The molecule has 1 saturated heterocycles. The molecule has 2 amide bonds. The monoisotopic (exact) mass is 321 g/mol. The number of pyridine rings is 1. The summed E-state index contributed by atoms with van der Waals surface area (Å²) in [7, 11) is 1.81. The van der Waals surface area contributed by atoms with Crippen LogP contribution in [0.1, 0.15) is 36.5 Å². The van der Waals surface area contributed by atoms with Crippen molar-refractivity contribution in [1.29, 1.82) is 0 Å². The van der Waals surface area contributed by atoms with Crippen LogP contribution in [-0.2, 0) is 4.79 Å². The predicted molar refractivity (Wildman–Crippen MR) is 88.0 cm³/mol. The van der Waals surface area contributed by atoms with Crippen LogP contribution >= 0.6 is 11.8 Å². The molecule has 0 bridgehead atoms. The van der Waals surface area contributed by atoms with Gasteiger partial charge in [0.15, 0.2) is 0 Å². The Hall–Kier alpha value is -1.56. The lowest BCUT2D eigenvalue weighted by atomic mass is 10.0. The van der Waals surface area contributed by atoms with E-state index in [0.29, 0.717) is 23.7 Å². The number of amides is 2. The first kappa shape index (κ1) is 16.8. The van der Waals surface area contributed by atoms with Crippen molar-refractivity contribution in [2.45, 2.75) is 37.3 Å². The zero-order chi connectivity index (χ0) is 16.1. The minimum atomic E-state index is -0.346. The van der Waals surface area contributed by atoms with Gasteiger partial charge < -0.3 is 9.80 Å². The van der Waals surface area contributed by atoms with Gasteiger partial charge in [-0.25, -0.2) is 4.98 Å². The van der Waals surface area contributed by atoms with E-state index in [-0.39, 0.29) is 17.9 Å². The van der Waals surface area contributed by atoms with Crippen LogP contribution in [0.4, 0.5) is 0 Å². The van der Waals surface area contributed by atoms with Gasteiger partial charge in [-0.05, 0) is 24.8 Å². The number of unbranched alkanes of at least 4 members (excludes halogenated alkanes) is 1. The second kappa shape index (κ2) is 7.63. The molecule has 1 aromatic heterocycles. The third kappa shape index (κ3) is 3.43. The third-order valence-corrected chi connectivity index (χ3v) is 4.71. The molecule has 0 radical (unpaired) electrons. The van der Waals surface area contributed by atoms with Gasteiger partial charge in [0, 0.05) is 26.3 Å². The van der Waals surface area contributed by atoms with Gasteiger partial charge in [0.25, 0.3) is 5.91 Å². The van der Waals surface area contributed by atoms with Gasteiger partial charge in [0.1, 0.15) is 11.1 Å². The summed E-state index contributed by atoms with van der Waals surface area (Å²) in [5.41, 5.74) is 0.592. The molecule has 0 spiro atoms. The lowest BCUT2D eigenvalue weighted by Gasteiger charge is -2.39. The number of aromatic nitrogens is 1. The SMILES string of the molecule is CCCC[C@H]1C(=O)N(C)CCN1C(=O)c1cccnc1SC. The molecule has 1 fully saturated rings. The first-order chi connectivity index (χ1) is 10.6. The fraction of sp³-hybridized carbons (Fsp3) is 0.562. The normalized spacial score (nSPS) is 18.7. The fourth-order valence-electron chi connectivity index (χ4n) is 2.70. The van der Waals surface area contributed by atoms with Crippen LogP contribution in [-0.4, -0.2) is 59.0 Å². The summed E-state index contributed by atoms with van der Waals surface area (Å²) >= 11 is 1.45. The van der Waals surface area contributed by atoms with E-state index in [4.69, 9.17) is 0 Å². The molecule has 6 heteroatoms. The zero-order valence-electron chi connectivity index (χ0n) is 13.4. The molecular formula is C16H23N3O2S. The van der Waals surface area contributed by atoms with Crippen LogP contribution in [0.5, 0.6) is 0 Å². The Bertz CT molecular complexity index is 550. The number of carbonyl (C=O) groups is 2. The van der Waals surface area contributed by atoms with Crippen molar-refractivity contribution >= 4 is 23.6 Å². The number of nitrogens with zero attached hydrogens (tertiary/aromatic N) is 3. The number of thioether (sulfide) groups is 1. The minimum absolute atomic E-state index is 0.0441. The average Bonchev–Trinajstić information content (AvgIpc) is 2.55. The molecule has 5 nitrogen and oxygen atoms in total. The van der Waals surface area contributed by atoms with Crippen LogP contribution in [0.15, 0.2) is 23.4 Å². The molecule has 2 rings (SSSR count). The standard InChI is InChI=1S/C16H23N3O2S/c1-4-5-8-13-16(21)18(2)10-11-19(13)15(20)12-7-6-9-17-14(12)22-3/h6-7,9,13H,4-5,8,10-11H2,1-3H3/t13-/m0/s1. The molecule has 1 aliphatic rings. The fourth-order valence-corrected chi connectivity index (χ4v) is 3.24. The van der Waals surface area contributed by atoms with Crippen molar-refractivity contribution in [2.24, 2.45) is 0 Å². The summed E-state index contributed by atoms with van der Waals surface area (Å²) < 4.78 is 0. The second-order valence-electron chi connectivity index (χ2n) is 5.48. The summed E-state index contributed by atoms with van der Waals surface area (Å²) in [5, 5.41) is 0.716. The molecule has 0 aliphatic carbocycles. The van der Waals surface area contributed by atoms with E-state index in [1.807, 2.05) is 6.26 Å². The highest BCUT2D eigenvalue weighted by atomic mass is 32.2. The molecule has 1 aliphatic heterocycles. The highest BCUT2D eigenvalue weighted by Crippen LogP contribution is 2.23. The lowest BCUT2D eigenvalue weighted by molar-refractivity contribution is -0.138. The second-order valence-corrected chi connectivity index (χ2v) is 6.27. The summed E-state index contributed by atoms with van der Waals surface area (Å²) in [6.07, 6.45) is 6.27. The Morgan fingerprint density at radius 1 is 1.45 bits per heavy atom. The zero-order valence-corrected chi connectivity index (χ0v) is 14.2. The third-order valence-electron chi connectivity index (χ3n) is 4.00. The van der Waals surface area contributed by atoms with Crippen LogP contribution in [0.25, 0.3) is 0 Å². The minimum Gasteiger partial charge on any atom is -0.342 e. The number of carbonyl (C=O) groups excluding carboxylic acids is 2. The highest BCUT2D eigenvalue weighted by molar-refractivity contribution is 7.98. The van der Waals surface area contributed by atoms with E-state index in [1.54, 1.807) is 35.2 Å². The maximum absolute atomic E-state index is 12.9. The van der Waals surface area contributed by atoms with Gasteiger partial charge in [-0.3, -0.25) is 9.59 Å². The Balaban J connectivity index is 2.27. The van der Waals surface area contributed by atoms with E-state index in [2.05, 4.69) is 11.9 Å². The molecule has 2 heterocycles. The van der Waals surface area contributed by atoms with Gasteiger partial charge in [-0.1, -0.05) is 19.8 Å². The largest absolute Gasteiger partial charge is 0.342 e. The molecule has 0 N–H and O–H groups in total. The van der Waals surface area contributed by atoms with Crippen LogP contribution in [0.2, 0.25) is 0 Å². The summed E-state index contributed by atoms with van der Waals surface area (Å²) in [6.45, 7) is 3.26. The molecule has 1 aromatic rings. The van der Waals surface area contributed by atoms with E-state index < -0.39 is 0 Å².